The molecular weight excluding hydrogens is 504 g/mol. The second-order valence-electron chi connectivity index (χ2n) is 8.11. The molecule has 0 saturated heterocycles. The Morgan fingerprint density at radius 1 is 0.730 bits per heavy atom. The summed E-state index contributed by atoms with van der Waals surface area (Å²) in [5, 5.41) is 46.5. The molecule has 0 atom stereocenters. The summed E-state index contributed by atoms with van der Waals surface area (Å²) in [6.45, 7) is -3.12. The standard InChI is InChI=1S/C24H26N4O8S/c29-21(30)11-27(12-22(31)32)9-19-7-17(2-1-16-3-5-18(6-4-16)25-15-37)8-20(26-19)10-28(13-23(33)34)14-24(35)36/h3-8H,1-2,9-14H2,(H,29,30)(H,31,32)(H,33,34)(H,35,36)/p-4. The molecule has 13 heteroatoms. The number of hydrogen-bond acceptors (Lipinski definition) is 13. The van der Waals surface area contributed by atoms with E-state index in [-0.39, 0.29) is 13.1 Å². The van der Waals surface area contributed by atoms with Crippen LogP contribution in [0.3, 0.4) is 0 Å². The highest BCUT2D eigenvalue weighted by Crippen LogP contribution is 2.16. The number of aliphatic imine (C=N–C) groups is 1. The molecule has 0 aliphatic carbocycles. The molecule has 12 nitrogen and oxygen atoms in total. The third-order valence-corrected chi connectivity index (χ3v) is 5.08. The summed E-state index contributed by atoms with van der Waals surface area (Å²) in [5.74, 6) is -5.97. The lowest BCUT2D eigenvalue weighted by Crippen LogP contribution is -2.44. The Hall–Kier alpha value is -4.03. The van der Waals surface area contributed by atoms with Crippen LogP contribution in [0.2, 0.25) is 0 Å². The van der Waals surface area contributed by atoms with Gasteiger partial charge in [-0.2, -0.15) is 4.99 Å². The summed E-state index contributed by atoms with van der Waals surface area (Å²) in [7, 11) is 0. The molecule has 0 spiro atoms. The predicted molar refractivity (Wildman–Crippen MR) is 123 cm³/mol. The normalized spacial score (nSPS) is 10.8. The van der Waals surface area contributed by atoms with Gasteiger partial charge in [0, 0.05) is 39.3 Å². The predicted octanol–water partition coefficient (Wildman–Crippen LogP) is -3.80. The first-order valence-corrected chi connectivity index (χ1v) is 11.3. The maximum absolute atomic E-state index is 11.1. The number of thiocarbonyl (C=S) groups is 1. The van der Waals surface area contributed by atoms with Crippen LogP contribution in [0.25, 0.3) is 0 Å². The van der Waals surface area contributed by atoms with Crippen molar-refractivity contribution in [1.29, 1.82) is 0 Å². The van der Waals surface area contributed by atoms with Gasteiger partial charge in [0.05, 0.1) is 46.1 Å². The molecule has 0 radical (unpaired) electrons. The molecule has 1 aromatic carbocycles. The number of aryl methyl sites for hydroxylation is 2. The number of hydrogen-bond donors (Lipinski definition) is 0. The number of aliphatic carboxylic acids is 4. The Balaban J connectivity index is 2.33. The number of nitrogens with zero attached hydrogens (tertiary/aromatic N) is 4. The van der Waals surface area contributed by atoms with Crippen LogP contribution in [0.15, 0.2) is 41.4 Å². The average molecular weight is 527 g/mol. The Labute approximate surface area is 217 Å². The van der Waals surface area contributed by atoms with Crippen molar-refractivity contribution < 1.29 is 39.6 Å². The van der Waals surface area contributed by atoms with Gasteiger partial charge in [-0.15, -0.1) is 0 Å². The fourth-order valence-corrected chi connectivity index (χ4v) is 3.73. The van der Waals surface area contributed by atoms with E-state index in [1.807, 2.05) is 12.1 Å². The zero-order valence-electron chi connectivity index (χ0n) is 19.6. The molecule has 37 heavy (non-hydrogen) atoms. The Morgan fingerprint density at radius 2 is 1.14 bits per heavy atom. The topological polar surface area (TPSA) is 192 Å². The van der Waals surface area contributed by atoms with E-state index in [1.54, 1.807) is 24.3 Å². The van der Waals surface area contributed by atoms with E-state index in [4.69, 9.17) is 0 Å². The minimum Gasteiger partial charge on any atom is -0.549 e. The van der Waals surface area contributed by atoms with Gasteiger partial charge in [0.25, 0.3) is 0 Å². The van der Waals surface area contributed by atoms with Crippen LogP contribution in [0.1, 0.15) is 22.5 Å². The second-order valence-corrected chi connectivity index (χ2v) is 8.29. The van der Waals surface area contributed by atoms with Crippen molar-refractivity contribution in [2.75, 3.05) is 26.2 Å². The molecule has 0 saturated carbocycles. The van der Waals surface area contributed by atoms with Gasteiger partial charge in [0.15, 0.2) is 0 Å². The van der Waals surface area contributed by atoms with Gasteiger partial charge < -0.3 is 39.6 Å². The van der Waals surface area contributed by atoms with E-state index in [2.05, 4.69) is 27.4 Å². The fraction of sp³-hybridized carbons (Fsp3) is 0.333. The number of carbonyl (C=O) groups is 4. The minimum atomic E-state index is -1.49. The molecule has 1 aromatic heterocycles. The van der Waals surface area contributed by atoms with Crippen molar-refractivity contribution >= 4 is 46.9 Å². The highest BCUT2D eigenvalue weighted by molar-refractivity contribution is 7.78. The lowest BCUT2D eigenvalue weighted by molar-refractivity contribution is -0.313. The van der Waals surface area contributed by atoms with Gasteiger partial charge >= 0.3 is 0 Å². The first-order chi connectivity index (χ1) is 17.5. The summed E-state index contributed by atoms with van der Waals surface area (Å²) in [4.78, 5) is 54.6. The molecule has 2 aromatic rings. The molecule has 0 amide bonds. The van der Waals surface area contributed by atoms with Crippen LogP contribution in [0.4, 0.5) is 5.69 Å². The number of benzene rings is 1. The number of isothiocyanates is 1. The Morgan fingerprint density at radius 3 is 1.51 bits per heavy atom. The lowest BCUT2D eigenvalue weighted by Gasteiger charge is -2.25. The lowest BCUT2D eigenvalue weighted by atomic mass is 10.0. The van der Waals surface area contributed by atoms with Gasteiger partial charge in [-0.25, -0.2) is 0 Å². The van der Waals surface area contributed by atoms with E-state index in [0.29, 0.717) is 29.9 Å². The van der Waals surface area contributed by atoms with E-state index < -0.39 is 50.1 Å². The van der Waals surface area contributed by atoms with Gasteiger partial charge in [-0.05, 0) is 60.5 Å². The smallest absolute Gasteiger partial charge is 0.0739 e. The van der Waals surface area contributed by atoms with Crippen molar-refractivity contribution in [3.63, 3.8) is 0 Å². The van der Waals surface area contributed by atoms with Gasteiger partial charge in [-0.3, -0.25) is 14.8 Å². The van der Waals surface area contributed by atoms with E-state index in [9.17, 15) is 39.6 Å². The summed E-state index contributed by atoms with van der Waals surface area (Å²) >= 11 is 4.58. The Bertz CT molecular complexity index is 1090. The molecular formula is C24H22N4O8S-4. The molecule has 1 heterocycles. The van der Waals surface area contributed by atoms with Crippen LogP contribution in [0, 0.1) is 0 Å². The highest BCUT2D eigenvalue weighted by atomic mass is 32.1. The maximum Gasteiger partial charge on any atom is 0.0739 e. The number of carbonyl (C=O) groups excluding carboxylic acids is 4. The maximum atomic E-state index is 11.1. The average Bonchev–Trinajstić information content (AvgIpc) is 2.77. The zero-order chi connectivity index (χ0) is 27.4. The monoisotopic (exact) mass is 526 g/mol. The van der Waals surface area contributed by atoms with Gasteiger partial charge in [-0.1, -0.05) is 12.1 Å². The van der Waals surface area contributed by atoms with Gasteiger partial charge in [0.2, 0.25) is 0 Å². The number of carboxylic acid groups (broad SMARTS) is 4. The molecule has 0 N–H and O–H groups in total. The van der Waals surface area contributed by atoms with Crippen molar-refractivity contribution in [1.82, 2.24) is 14.8 Å². The van der Waals surface area contributed by atoms with Crippen molar-refractivity contribution in [2.45, 2.75) is 25.9 Å². The Kier molecular flexibility index (Phi) is 11.5. The largest absolute Gasteiger partial charge is 0.549 e. The third kappa shape index (κ3) is 11.5. The zero-order valence-corrected chi connectivity index (χ0v) is 20.4. The second kappa shape index (κ2) is 14.5. The van der Waals surface area contributed by atoms with Crippen LogP contribution in [-0.4, -0.2) is 70.0 Å². The van der Waals surface area contributed by atoms with Crippen LogP contribution in [0.5, 0.6) is 0 Å². The first-order valence-electron chi connectivity index (χ1n) is 10.9. The quantitative estimate of drug-likeness (QED) is 0.153. The first kappa shape index (κ1) is 29.2. The number of rotatable bonds is 16. The van der Waals surface area contributed by atoms with Crippen molar-refractivity contribution in [3.8, 4) is 0 Å². The minimum absolute atomic E-state index is 0.186. The van der Waals surface area contributed by atoms with Crippen molar-refractivity contribution in [3.05, 3.63) is 58.9 Å². The van der Waals surface area contributed by atoms with Crippen molar-refractivity contribution in [2.24, 2.45) is 4.99 Å². The molecule has 196 valence electrons. The summed E-state index contributed by atoms with van der Waals surface area (Å²) in [6.07, 6.45) is 1.06. The van der Waals surface area contributed by atoms with Crippen LogP contribution >= 0.6 is 12.2 Å². The molecule has 0 unspecified atom stereocenters. The third-order valence-electron chi connectivity index (χ3n) is 4.99. The number of aromatic nitrogens is 1. The van der Waals surface area contributed by atoms with Crippen LogP contribution in [-0.2, 0) is 45.1 Å². The summed E-state index contributed by atoms with van der Waals surface area (Å²) in [5.41, 5.74) is 2.93. The molecule has 0 fully saturated rings. The van der Waals surface area contributed by atoms with E-state index in [0.717, 1.165) is 20.9 Å². The molecule has 2 rings (SSSR count). The fourth-order valence-electron chi connectivity index (χ4n) is 3.63. The molecule has 0 aliphatic heterocycles. The highest BCUT2D eigenvalue weighted by Gasteiger charge is 2.13. The number of pyridine rings is 1. The van der Waals surface area contributed by atoms with Crippen LogP contribution < -0.4 is 20.4 Å². The molecule has 0 aliphatic rings. The molecule has 0 bridgehead atoms. The SMILES string of the molecule is O=C([O-])CN(CC(=O)[O-])Cc1cc(CCc2ccc(N=C=S)cc2)cc(CN(CC(=O)[O-])CC(=O)[O-])n1. The van der Waals surface area contributed by atoms with Gasteiger partial charge in [0.1, 0.15) is 0 Å². The summed E-state index contributed by atoms with van der Waals surface area (Å²) in [6, 6.07) is 10.6. The van der Waals surface area contributed by atoms with E-state index in [1.165, 1.54) is 0 Å². The number of carboxylic acids is 4. The van der Waals surface area contributed by atoms with E-state index >= 15 is 0 Å². The summed E-state index contributed by atoms with van der Waals surface area (Å²) < 4.78 is 0.